The topological polar surface area (TPSA) is 92.4 Å². The lowest BCUT2D eigenvalue weighted by atomic mass is 10.1. The first-order valence-corrected chi connectivity index (χ1v) is 6.95. The molecule has 0 fully saturated rings. The summed E-state index contributed by atoms with van der Waals surface area (Å²) in [4.78, 5) is 23.0. The molecule has 2 aromatic carbocycles. The molecule has 2 aromatic rings. The standard InChI is InChI=1S/C14H10BrClN2O3/c15-8-2-3-9(10(16)6-8)13(19)18-12-4-1-7(14(20)21)5-11(12)17/h1-6H,17H2,(H,18,19)(H,20,21). The molecule has 0 unspecified atom stereocenters. The Balaban J connectivity index is 2.25. The van der Waals surface area contributed by atoms with Gasteiger partial charge in [-0.3, -0.25) is 4.79 Å². The molecule has 0 radical (unpaired) electrons. The van der Waals surface area contributed by atoms with E-state index in [0.29, 0.717) is 16.3 Å². The first-order valence-electron chi connectivity index (χ1n) is 5.77. The van der Waals surface area contributed by atoms with E-state index in [1.807, 2.05) is 0 Å². The largest absolute Gasteiger partial charge is 0.478 e. The zero-order chi connectivity index (χ0) is 15.6. The third-order valence-electron chi connectivity index (χ3n) is 2.72. The SMILES string of the molecule is Nc1cc(C(=O)O)ccc1NC(=O)c1ccc(Br)cc1Cl. The summed E-state index contributed by atoms with van der Waals surface area (Å²) in [5.74, 6) is -1.52. The van der Waals surface area contributed by atoms with Gasteiger partial charge in [0.2, 0.25) is 0 Å². The number of anilines is 2. The summed E-state index contributed by atoms with van der Waals surface area (Å²) < 4.78 is 0.759. The predicted molar refractivity (Wildman–Crippen MR) is 84.9 cm³/mol. The van der Waals surface area contributed by atoms with Crippen LogP contribution >= 0.6 is 27.5 Å². The number of rotatable bonds is 3. The third-order valence-corrected chi connectivity index (χ3v) is 3.53. The molecule has 0 atom stereocenters. The molecule has 7 heteroatoms. The fourth-order valence-electron chi connectivity index (χ4n) is 1.67. The monoisotopic (exact) mass is 368 g/mol. The van der Waals surface area contributed by atoms with Crippen molar-refractivity contribution in [2.24, 2.45) is 0 Å². The Hall–Kier alpha value is -2.05. The van der Waals surface area contributed by atoms with Gasteiger partial charge >= 0.3 is 5.97 Å². The molecule has 5 nitrogen and oxygen atoms in total. The molecule has 0 aliphatic rings. The van der Waals surface area contributed by atoms with E-state index in [1.165, 1.54) is 18.2 Å². The van der Waals surface area contributed by atoms with Gasteiger partial charge in [0.05, 0.1) is 27.5 Å². The molecular formula is C14H10BrClN2O3. The lowest BCUT2D eigenvalue weighted by Gasteiger charge is -2.10. The van der Waals surface area contributed by atoms with Gasteiger partial charge in [0.15, 0.2) is 0 Å². The van der Waals surface area contributed by atoms with E-state index < -0.39 is 11.9 Å². The van der Waals surface area contributed by atoms with Crippen LogP contribution in [0.25, 0.3) is 0 Å². The summed E-state index contributed by atoms with van der Waals surface area (Å²) in [7, 11) is 0. The van der Waals surface area contributed by atoms with Crippen LogP contribution in [0.15, 0.2) is 40.9 Å². The Morgan fingerprint density at radius 3 is 2.48 bits per heavy atom. The molecule has 4 N–H and O–H groups in total. The summed E-state index contributed by atoms with van der Waals surface area (Å²) in [6.07, 6.45) is 0. The van der Waals surface area contributed by atoms with Crippen molar-refractivity contribution in [2.75, 3.05) is 11.1 Å². The van der Waals surface area contributed by atoms with Gasteiger partial charge in [0.1, 0.15) is 0 Å². The number of hydrogen-bond donors (Lipinski definition) is 3. The van der Waals surface area contributed by atoms with Crippen LogP contribution in [0.3, 0.4) is 0 Å². The number of carbonyl (C=O) groups excluding carboxylic acids is 1. The molecule has 0 saturated carbocycles. The van der Waals surface area contributed by atoms with Crippen LogP contribution in [0, 0.1) is 0 Å². The van der Waals surface area contributed by atoms with Crippen LogP contribution in [0.4, 0.5) is 11.4 Å². The van der Waals surface area contributed by atoms with E-state index in [-0.39, 0.29) is 11.3 Å². The van der Waals surface area contributed by atoms with Crippen LogP contribution in [-0.4, -0.2) is 17.0 Å². The predicted octanol–water partition coefficient (Wildman–Crippen LogP) is 3.64. The number of benzene rings is 2. The Labute approximate surface area is 133 Å². The van der Waals surface area contributed by atoms with Crippen LogP contribution in [-0.2, 0) is 0 Å². The lowest BCUT2D eigenvalue weighted by Crippen LogP contribution is -2.14. The van der Waals surface area contributed by atoms with E-state index in [1.54, 1.807) is 18.2 Å². The second-order valence-electron chi connectivity index (χ2n) is 4.19. The summed E-state index contributed by atoms with van der Waals surface area (Å²) in [6, 6.07) is 8.94. The molecule has 1 amide bonds. The Bertz CT molecular complexity index is 734. The first kappa shape index (κ1) is 15.3. The number of carboxylic acid groups (broad SMARTS) is 1. The van der Waals surface area contributed by atoms with Gasteiger partial charge in [0.25, 0.3) is 5.91 Å². The van der Waals surface area contributed by atoms with Crippen molar-refractivity contribution in [3.63, 3.8) is 0 Å². The fourth-order valence-corrected chi connectivity index (χ4v) is 2.43. The smallest absolute Gasteiger partial charge is 0.335 e. The molecule has 0 spiro atoms. The number of aromatic carboxylic acids is 1. The van der Waals surface area contributed by atoms with Crippen LogP contribution < -0.4 is 11.1 Å². The Kier molecular flexibility index (Phi) is 4.50. The minimum atomic E-state index is -1.09. The number of amides is 1. The zero-order valence-corrected chi connectivity index (χ0v) is 12.9. The quantitative estimate of drug-likeness (QED) is 0.720. The van der Waals surface area contributed by atoms with Crippen molar-refractivity contribution >= 4 is 50.8 Å². The van der Waals surface area contributed by atoms with E-state index in [2.05, 4.69) is 21.2 Å². The maximum absolute atomic E-state index is 12.1. The lowest BCUT2D eigenvalue weighted by molar-refractivity contribution is 0.0697. The van der Waals surface area contributed by atoms with Gasteiger partial charge in [-0.15, -0.1) is 0 Å². The Morgan fingerprint density at radius 2 is 1.90 bits per heavy atom. The number of nitrogens with one attached hydrogen (secondary N) is 1. The highest BCUT2D eigenvalue weighted by Gasteiger charge is 2.13. The normalized spacial score (nSPS) is 10.2. The van der Waals surface area contributed by atoms with Gasteiger partial charge in [-0.2, -0.15) is 0 Å². The molecule has 108 valence electrons. The minimum absolute atomic E-state index is 0.0483. The second kappa shape index (κ2) is 6.15. The van der Waals surface area contributed by atoms with Crippen molar-refractivity contribution in [3.8, 4) is 0 Å². The summed E-state index contributed by atoms with van der Waals surface area (Å²) in [6.45, 7) is 0. The van der Waals surface area contributed by atoms with Crippen LogP contribution in [0.1, 0.15) is 20.7 Å². The highest BCUT2D eigenvalue weighted by molar-refractivity contribution is 9.10. The fraction of sp³-hybridized carbons (Fsp3) is 0. The van der Waals surface area contributed by atoms with Crippen molar-refractivity contribution < 1.29 is 14.7 Å². The van der Waals surface area contributed by atoms with Gasteiger partial charge in [-0.25, -0.2) is 4.79 Å². The maximum Gasteiger partial charge on any atom is 0.335 e. The molecule has 0 bridgehead atoms. The highest BCUT2D eigenvalue weighted by atomic mass is 79.9. The van der Waals surface area contributed by atoms with E-state index >= 15 is 0 Å². The van der Waals surface area contributed by atoms with E-state index in [0.717, 1.165) is 4.47 Å². The maximum atomic E-state index is 12.1. The van der Waals surface area contributed by atoms with Gasteiger partial charge < -0.3 is 16.2 Å². The van der Waals surface area contributed by atoms with E-state index in [4.69, 9.17) is 22.4 Å². The van der Waals surface area contributed by atoms with E-state index in [9.17, 15) is 9.59 Å². The molecular weight excluding hydrogens is 360 g/mol. The van der Waals surface area contributed by atoms with Crippen molar-refractivity contribution in [1.82, 2.24) is 0 Å². The molecule has 0 aliphatic heterocycles. The number of nitrogen functional groups attached to an aromatic ring is 1. The molecule has 0 saturated heterocycles. The van der Waals surface area contributed by atoms with Crippen molar-refractivity contribution in [3.05, 3.63) is 57.0 Å². The minimum Gasteiger partial charge on any atom is -0.478 e. The first-order chi connectivity index (χ1) is 9.88. The molecule has 0 heterocycles. The summed E-state index contributed by atoms with van der Waals surface area (Å²) >= 11 is 9.25. The number of nitrogens with two attached hydrogens (primary N) is 1. The number of hydrogen-bond acceptors (Lipinski definition) is 3. The number of halogens is 2. The second-order valence-corrected chi connectivity index (χ2v) is 5.51. The zero-order valence-electron chi connectivity index (χ0n) is 10.6. The highest BCUT2D eigenvalue weighted by Crippen LogP contribution is 2.24. The number of carbonyl (C=O) groups is 2. The van der Waals surface area contributed by atoms with Crippen molar-refractivity contribution in [2.45, 2.75) is 0 Å². The van der Waals surface area contributed by atoms with Gasteiger partial charge in [-0.1, -0.05) is 27.5 Å². The molecule has 2 rings (SSSR count). The summed E-state index contributed by atoms with van der Waals surface area (Å²) in [5, 5.41) is 11.7. The van der Waals surface area contributed by atoms with Crippen LogP contribution in [0.2, 0.25) is 5.02 Å². The van der Waals surface area contributed by atoms with Crippen LogP contribution in [0.5, 0.6) is 0 Å². The average molecular weight is 370 g/mol. The van der Waals surface area contributed by atoms with Gasteiger partial charge in [-0.05, 0) is 36.4 Å². The summed E-state index contributed by atoms with van der Waals surface area (Å²) in [5.41, 5.74) is 6.56. The number of carboxylic acids is 1. The Morgan fingerprint density at radius 1 is 1.19 bits per heavy atom. The molecule has 0 aromatic heterocycles. The average Bonchev–Trinajstić information content (AvgIpc) is 2.40. The molecule has 0 aliphatic carbocycles. The van der Waals surface area contributed by atoms with Crippen molar-refractivity contribution in [1.29, 1.82) is 0 Å². The van der Waals surface area contributed by atoms with Gasteiger partial charge in [0, 0.05) is 4.47 Å². The molecule has 21 heavy (non-hydrogen) atoms. The third kappa shape index (κ3) is 3.53.